The van der Waals surface area contributed by atoms with Crippen LogP contribution in [0.5, 0.6) is 0 Å². The molecule has 1 aromatic carbocycles. The first-order chi connectivity index (χ1) is 9.19. The summed E-state index contributed by atoms with van der Waals surface area (Å²) >= 11 is 3.40. The van der Waals surface area contributed by atoms with Crippen molar-refractivity contribution in [2.24, 2.45) is 5.73 Å². The maximum atomic E-state index is 12.0. The van der Waals surface area contributed by atoms with Crippen molar-refractivity contribution in [2.75, 3.05) is 0 Å². The fraction of sp³-hybridized carbons (Fsp3) is 0.143. The predicted octanol–water partition coefficient (Wildman–Crippen LogP) is 2.23. The number of carbonyl (C=O) groups is 1. The summed E-state index contributed by atoms with van der Waals surface area (Å²) in [5.41, 5.74) is 7.82. The molecule has 0 aliphatic carbocycles. The number of nitrogens with zero attached hydrogens (tertiary/aromatic N) is 1. The van der Waals surface area contributed by atoms with Gasteiger partial charge in [-0.1, -0.05) is 28.1 Å². The summed E-state index contributed by atoms with van der Waals surface area (Å²) in [6.45, 7) is 0.811. The molecule has 0 spiro atoms. The maximum Gasteiger partial charge on any atom is 0.251 e. The van der Waals surface area contributed by atoms with Gasteiger partial charge in [0, 0.05) is 29.3 Å². The lowest BCUT2D eigenvalue weighted by Gasteiger charge is -2.06. The molecule has 0 aliphatic rings. The highest BCUT2D eigenvalue weighted by atomic mass is 79.9. The first-order valence-corrected chi connectivity index (χ1v) is 6.66. The third-order valence-corrected chi connectivity index (χ3v) is 3.12. The minimum absolute atomic E-state index is 0.128. The largest absolute Gasteiger partial charge is 0.348 e. The molecule has 0 aliphatic heterocycles. The highest BCUT2D eigenvalue weighted by Crippen LogP contribution is 2.11. The lowest BCUT2D eigenvalue weighted by molar-refractivity contribution is 0.0950. The summed E-state index contributed by atoms with van der Waals surface area (Å²) in [4.78, 5) is 16.0. The Morgan fingerprint density at radius 3 is 2.89 bits per heavy atom. The van der Waals surface area contributed by atoms with Crippen molar-refractivity contribution < 1.29 is 4.79 Å². The molecule has 3 N–H and O–H groups in total. The quantitative estimate of drug-likeness (QED) is 0.908. The average molecular weight is 320 g/mol. The normalized spacial score (nSPS) is 10.2. The molecule has 0 radical (unpaired) electrons. The number of rotatable bonds is 4. The van der Waals surface area contributed by atoms with Crippen LogP contribution < -0.4 is 11.1 Å². The number of amides is 1. The number of carbonyl (C=O) groups excluding carboxylic acids is 1. The van der Waals surface area contributed by atoms with E-state index in [0.29, 0.717) is 24.3 Å². The first kappa shape index (κ1) is 13.7. The van der Waals surface area contributed by atoms with Gasteiger partial charge >= 0.3 is 0 Å². The molecule has 0 atom stereocenters. The van der Waals surface area contributed by atoms with E-state index in [1.54, 1.807) is 18.3 Å². The lowest BCUT2D eigenvalue weighted by Crippen LogP contribution is -2.23. The van der Waals surface area contributed by atoms with E-state index in [1.165, 1.54) is 0 Å². The van der Waals surface area contributed by atoms with E-state index in [0.717, 1.165) is 10.0 Å². The van der Waals surface area contributed by atoms with Crippen molar-refractivity contribution in [1.29, 1.82) is 0 Å². The Labute approximate surface area is 120 Å². The second kappa shape index (κ2) is 6.45. The number of hydrogen-bond donors (Lipinski definition) is 2. The second-order valence-corrected chi connectivity index (χ2v) is 4.97. The van der Waals surface area contributed by atoms with Gasteiger partial charge in [-0.2, -0.15) is 0 Å². The van der Waals surface area contributed by atoms with Gasteiger partial charge in [-0.05, 0) is 29.8 Å². The molecular formula is C14H14BrN3O. The molecule has 0 saturated heterocycles. The number of nitrogens with two attached hydrogens (primary N) is 1. The van der Waals surface area contributed by atoms with E-state index in [-0.39, 0.29) is 5.91 Å². The Balaban J connectivity index is 2.01. The minimum Gasteiger partial charge on any atom is -0.348 e. The summed E-state index contributed by atoms with van der Waals surface area (Å²) < 4.78 is 0.994. The van der Waals surface area contributed by atoms with E-state index < -0.39 is 0 Å². The van der Waals surface area contributed by atoms with Crippen molar-refractivity contribution in [1.82, 2.24) is 10.3 Å². The smallest absolute Gasteiger partial charge is 0.251 e. The topological polar surface area (TPSA) is 68.0 Å². The van der Waals surface area contributed by atoms with Gasteiger partial charge in [0.15, 0.2) is 0 Å². The fourth-order valence-corrected chi connectivity index (χ4v) is 2.11. The van der Waals surface area contributed by atoms with E-state index in [1.807, 2.05) is 24.3 Å². The van der Waals surface area contributed by atoms with Gasteiger partial charge < -0.3 is 11.1 Å². The molecule has 2 rings (SSSR count). The van der Waals surface area contributed by atoms with Crippen LogP contribution in [-0.4, -0.2) is 10.9 Å². The number of pyridine rings is 1. The Hall–Kier alpha value is -1.72. The van der Waals surface area contributed by atoms with Crippen LogP contribution in [0.3, 0.4) is 0 Å². The number of benzene rings is 1. The Kier molecular flexibility index (Phi) is 4.65. The fourth-order valence-electron chi connectivity index (χ4n) is 1.66. The Bertz CT molecular complexity index is 586. The van der Waals surface area contributed by atoms with E-state index in [9.17, 15) is 4.79 Å². The predicted molar refractivity (Wildman–Crippen MR) is 77.4 cm³/mol. The van der Waals surface area contributed by atoms with Crippen LogP contribution in [0.15, 0.2) is 47.1 Å². The minimum atomic E-state index is -0.128. The molecule has 0 fully saturated rings. The van der Waals surface area contributed by atoms with Gasteiger partial charge in [0.1, 0.15) is 0 Å². The van der Waals surface area contributed by atoms with Gasteiger partial charge in [0.2, 0.25) is 0 Å². The lowest BCUT2D eigenvalue weighted by atomic mass is 10.2. The number of hydrogen-bond acceptors (Lipinski definition) is 3. The highest BCUT2D eigenvalue weighted by Gasteiger charge is 2.06. The molecule has 19 heavy (non-hydrogen) atoms. The third-order valence-electron chi connectivity index (χ3n) is 2.63. The van der Waals surface area contributed by atoms with Crippen LogP contribution in [0, 0.1) is 0 Å². The molecule has 1 aromatic heterocycles. The van der Waals surface area contributed by atoms with Crippen molar-refractivity contribution in [3.8, 4) is 0 Å². The van der Waals surface area contributed by atoms with E-state index >= 15 is 0 Å². The molecule has 5 heteroatoms. The first-order valence-electron chi connectivity index (χ1n) is 5.86. The summed E-state index contributed by atoms with van der Waals surface area (Å²) in [5, 5.41) is 2.87. The molecule has 0 saturated carbocycles. The zero-order chi connectivity index (χ0) is 13.7. The van der Waals surface area contributed by atoms with Gasteiger partial charge in [-0.3, -0.25) is 9.78 Å². The highest BCUT2D eigenvalue weighted by molar-refractivity contribution is 9.10. The molecule has 2 aromatic rings. The van der Waals surface area contributed by atoms with E-state index in [4.69, 9.17) is 5.73 Å². The summed E-state index contributed by atoms with van der Waals surface area (Å²) in [5.74, 6) is -0.128. The molecule has 4 nitrogen and oxygen atoms in total. The van der Waals surface area contributed by atoms with E-state index in [2.05, 4.69) is 26.2 Å². The van der Waals surface area contributed by atoms with Gasteiger partial charge in [0.25, 0.3) is 5.91 Å². The van der Waals surface area contributed by atoms with Crippen molar-refractivity contribution in [3.05, 3.63) is 63.9 Å². The monoisotopic (exact) mass is 319 g/mol. The van der Waals surface area contributed by atoms with Gasteiger partial charge in [0.05, 0.1) is 5.69 Å². The Morgan fingerprint density at radius 2 is 2.16 bits per heavy atom. The van der Waals surface area contributed by atoms with Gasteiger partial charge in [-0.25, -0.2) is 0 Å². The zero-order valence-corrected chi connectivity index (χ0v) is 11.9. The van der Waals surface area contributed by atoms with Crippen LogP contribution in [0.2, 0.25) is 0 Å². The molecule has 1 amide bonds. The second-order valence-electron chi connectivity index (χ2n) is 4.05. The Morgan fingerprint density at radius 1 is 1.32 bits per heavy atom. The molecular weight excluding hydrogens is 306 g/mol. The number of aromatic nitrogens is 1. The zero-order valence-electron chi connectivity index (χ0n) is 10.3. The van der Waals surface area contributed by atoms with Crippen molar-refractivity contribution in [2.45, 2.75) is 13.1 Å². The van der Waals surface area contributed by atoms with Crippen molar-refractivity contribution >= 4 is 21.8 Å². The third kappa shape index (κ3) is 3.87. The molecule has 0 bridgehead atoms. The maximum absolute atomic E-state index is 12.0. The van der Waals surface area contributed by atoms with Crippen LogP contribution in [-0.2, 0) is 13.1 Å². The molecule has 1 heterocycles. The number of nitrogens with one attached hydrogen (secondary N) is 1. The van der Waals surface area contributed by atoms with Crippen LogP contribution >= 0.6 is 15.9 Å². The average Bonchev–Trinajstić information content (AvgIpc) is 2.45. The molecule has 0 unspecified atom stereocenters. The van der Waals surface area contributed by atoms with Crippen LogP contribution in [0.1, 0.15) is 21.6 Å². The van der Waals surface area contributed by atoms with Gasteiger partial charge in [-0.15, -0.1) is 0 Å². The van der Waals surface area contributed by atoms with Crippen LogP contribution in [0.25, 0.3) is 0 Å². The van der Waals surface area contributed by atoms with Crippen molar-refractivity contribution in [3.63, 3.8) is 0 Å². The molecule has 98 valence electrons. The number of halogens is 1. The summed E-state index contributed by atoms with van der Waals surface area (Å²) in [6.07, 6.45) is 1.59. The van der Waals surface area contributed by atoms with Crippen LogP contribution in [0.4, 0.5) is 0 Å². The SMILES string of the molecule is NCc1cc(C(=O)NCc2cccc(Br)c2)ccn1. The summed E-state index contributed by atoms with van der Waals surface area (Å²) in [6, 6.07) is 11.2. The standard InChI is InChI=1S/C14H14BrN3O/c15-12-3-1-2-10(6-12)9-18-14(19)11-4-5-17-13(7-11)8-16/h1-7H,8-9,16H2,(H,18,19). The summed E-state index contributed by atoms with van der Waals surface area (Å²) in [7, 11) is 0.